The van der Waals surface area contributed by atoms with Crippen molar-refractivity contribution in [2.24, 2.45) is 5.73 Å². The molecule has 0 spiro atoms. The lowest BCUT2D eigenvalue weighted by Crippen LogP contribution is -2.40. The molecule has 0 aromatic heterocycles. The Morgan fingerprint density at radius 2 is 2.17 bits per heavy atom. The average molecular weight is 251 g/mol. The molecule has 0 amide bonds. The van der Waals surface area contributed by atoms with E-state index < -0.39 is 11.5 Å². The van der Waals surface area contributed by atoms with Crippen molar-refractivity contribution in [1.82, 2.24) is 0 Å². The van der Waals surface area contributed by atoms with E-state index in [2.05, 4.69) is 0 Å². The maximum atomic E-state index is 11.0. The van der Waals surface area contributed by atoms with Gasteiger partial charge in [0.05, 0.1) is 13.0 Å². The van der Waals surface area contributed by atoms with Crippen molar-refractivity contribution in [2.75, 3.05) is 6.61 Å². The molecule has 0 aliphatic carbocycles. The molecule has 4 heteroatoms. The fourth-order valence-corrected chi connectivity index (χ4v) is 1.97. The van der Waals surface area contributed by atoms with E-state index in [4.69, 9.17) is 15.6 Å². The van der Waals surface area contributed by atoms with Gasteiger partial charge < -0.3 is 15.6 Å². The van der Waals surface area contributed by atoms with Crippen LogP contribution in [-0.4, -0.2) is 23.2 Å². The summed E-state index contributed by atoms with van der Waals surface area (Å²) in [6, 6.07) is 7.48. The first-order valence-corrected chi connectivity index (χ1v) is 6.08. The summed E-state index contributed by atoms with van der Waals surface area (Å²) in [5, 5.41) is 8.99. The first kappa shape index (κ1) is 14.5. The summed E-state index contributed by atoms with van der Waals surface area (Å²) in [6.45, 7) is 6.18. The topological polar surface area (TPSA) is 72.5 Å². The molecule has 1 rings (SSSR count). The highest BCUT2D eigenvalue weighted by molar-refractivity contribution is 5.68. The molecule has 0 saturated carbocycles. The van der Waals surface area contributed by atoms with Crippen LogP contribution in [0.25, 0.3) is 0 Å². The number of nitrogens with two attached hydrogens (primary N) is 1. The van der Waals surface area contributed by atoms with Crippen molar-refractivity contribution in [2.45, 2.75) is 38.6 Å². The molecule has 1 aromatic carbocycles. The summed E-state index contributed by atoms with van der Waals surface area (Å²) in [4.78, 5) is 11.0. The molecule has 18 heavy (non-hydrogen) atoms. The molecule has 3 N–H and O–H groups in total. The van der Waals surface area contributed by atoms with Crippen LogP contribution in [0.15, 0.2) is 24.3 Å². The minimum atomic E-state index is -0.847. The number of rotatable bonds is 6. The van der Waals surface area contributed by atoms with Crippen LogP contribution >= 0.6 is 0 Å². The largest absolute Gasteiger partial charge is 0.494 e. The first-order chi connectivity index (χ1) is 8.34. The highest BCUT2D eigenvalue weighted by atomic mass is 16.5. The Labute approximate surface area is 108 Å². The third-order valence-electron chi connectivity index (χ3n) is 2.85. The fraction of sp³-hybridized carbons (Fsp3) is 0.500. The molecule has 1 atom stereocenters. The van der Waals surface area contributed by atoms with Gasteiger partial charge in [-0.25, -0.2) is 0 Å². The molecule has 4 nitrogen and oxygen atoms in total. The molecule has 0 radical (unpaired) electrons. The predicted octanol–water partition coefficient (Wildman–Crippen LogP) is 2.38. The highest BCUT2D eigenvalue weighted by Crippen LogP contribution is 2.31. The SMILES string of the molecule is CCOc1cccc(C(CC(=O)O)C(C)(C)N)c1. The van der Waals surface area contributed by atoms with E-state index >= 15 is 0 Å². The van der Waals surface area contributed by atoms with E-state index in [0.29, 0.717) is 6.61 Å². The second kappa shape index (κ2) is 5.87. The third kappa shape index (κ3) is 4.04. The van der Waals surface area contributed by atoms with E-state index in [-0.39, 0.29) is 12.3 Å². The molecule has 0 saturated heterocycles. The van der Waals surface area contributed by atoms with Crippen LogP contribution in [0.3, 0.4) is 0 Å². The monoisotopic (exact) mass is 251 g/mol. The Kier molecular flexibility index (Phi) is 4.73. The van der Waals surface area contributed by atoms with Gasteiger partial charge in [0.15, 0.2) is 0 Å². The van der Waals surface area contributed by atoms with Crippen LogP contribution in [0.1, 0.15) is 38.7 Å². The van der Waals surface area contributed by atoms with E-state index in [9.17, 15) is 4.79 Å². The molecule has 0 aliphatic rings. The van der Waals surface area contributed by atoms with E-state index in [1.807, 2.05) is 45.0 Å². The van der Waals surface area contributed by atoms with Crippen molar-refractivity contribution in [3.05, 3.63) is 29.8 Å². The number of hydrogen-bond acceptors (Lipinski definition) is 3. The van der Waals surface area contributed by atoms with Crippen molar-refractivity contribution in [3.63, 3.8) is 0 Å². The molecule has 0 fully saturated rings. The maximum absolute atomic E-state index is 11.0. The Morgan fingerprint density at radius 3 is 2.67 bits per heavy atom. The van der Waals surface area contributed by atoms with Crippen LogP contribution in [0.4, 0.5) is 0 Å². The molecule has 1 unspecified atom stereocenters. The van der Waals surface area contributed by atoms with Crippen molar-refractivity contribution in [1.29, 1.82) is 0 Å². The number of ether oxygens (including phenoxy) is 1. The van der Waals surface area contributed by atoms with Gasteiger partial charge in [0, 0.05) is 11.5 Å². The molecule has 100 valence electrons. The smallest absolute Gasteiger partial charge is 0.304 e. The Morgan fingerprint density at radius 1 is 1.50 bits per heavy atom. The average Bonchev–Trinajstić information content (AvgIpc) is 2.25. The zero-order valence-electron chi connectivity index (χ0n) is 11.1. The Balaban J connectivity index is 3.04. The lowest BCUT2D eigenvalue weighted by molar-refractivity contribution is -0.137. The van der Waals surface area contributed by atoms with Gasteiger partial charge in [-0.05, 0) is 38.5 Å². The van der Waals surface area contributed by atoms with Crippen LogP contribution < -0.4 is 10.5 Å². The summed E-state index contributed by atoms with van der Waals surface area (Å²) >= 11 is 0. The highest BCUT2D eigenvalue weighted by Gasteiger charge is 2.29. The van der Waals surface area contributed by atoms with Gasteiger partial charge >= 0.3 is 5.97 Å². The number of aliphatic carboxylic acids is 1. The second-order valence-corrected chi connectivity index (χ2v) is 4.98. The van der Waals surface area contributed by atoms with Gasteiger partial charge in [0.25, 0.3) is 0 Å². The molecule has 0 heterocycles. The lowest BCUT2D eigenvalue weighted by Gasteiger charge is -2.30. The normalized spacial score (nSPS) is 13.1. The lowest BCUT2D eigenvalue weighted by atomic mass is 9.80. The van der Waals surface area contributed by atoms with E-state index in [0.717, 1.165) is 11.3 Å². The van der Waals surface area contributed by atoms with E-state index in [1.54, 1.807) is 0 Å². The van der Waals surface area contributed by atoms with E-state index in [1.165, 1.54) is 0 Å². The minimum absolute atomic E-state index is 0.0130. The second-order valence-electron chi connectivity index (χ2n) is 4.98. The molecule has 0 bridgehead atoms. The third-order valence-corrected chi connectivity index (χ3v) is 2.85. The van der Waals surface area contributed by atoms with Gasteiger partial charge in [-0.1, -0.05) is 12.1 Å². The number of hydrogen-bond donors (Lipinski definition) is 2. The quantitative estimate of drug-likeness (QED) is 0.814. The van der Waals surface area contributed by atoms with Crippen LogP contribution in [0, 0.1) is 0 Å². The summed E-state index contributed by atoms with van der Waals surface area (Å²) < 4.78 is 5.43. The van der Waals surface area contributed by atoms with Gasteiger partial charge in [-0.2, -0.15) is 0 Å². The zero-order chi connectivity index (χ0) is 13.8. The van der Waals surface area contributed by atoms with Gasteiger partial charge in [0.2, 0.25) is 0 Å². The summed E-state index contributed by atoms with van der Waals surface area (Å²) in [6.07, 6.45) is 0.0130. The predicted molar refractivity (Wildman–Crippen MR) is 70.9 cm³/mol. The van der Waals surface area contributed by atoms with Crippen molar-refractivity contribution >= 4 is 5.97 Å². The Hall–Kier alpha value is -1.55. The first-order valence-electron chi connectivity index (χ1n) is 6.08. The zero-order valence-corrected chi connectivity index (χ0v) is 11.1. The standard InChI is InChI=1S/C14H21NO3/c1-4-18-11-7-5-6-10(8-11)12(9-13(16)17)14(2,3)15/h5-8,12H,4,9,15H2,1-3H3,(H,16,17). The number of carboxylic acid groups (broad SMARTS) is 1. The van der Waals surface area contributed by atoms with Gasteiger partial charge in [0.1, 0.15) is 5.75 Å². The minimum Gasteiger partial charge on any atom is -0.494 e. The number of carbonyl (C=O) groups is 1. The molecule has 0 aliphatic heterocycles. The molecular formula is C14H21NO3. The number of carboxylic acids is 1. The molecule has 1 aromatic rings. The number of benzene rings is 1. The molecular weight excluding hydrogens is 230 g/mol. The summed E-state index contributed by atoms with van der Waals surface area (Å²) in [5.74, 6) is -0.342. The summed E-state index contributed by atoms with van der Waals surface area (Å²) in [7, 11) is 0. The van der Waals surface area contributed by atoms with Gasteiger partial charge in [-0.3, -0.25) is 4.79 Å². The van der Waals surface area contributed by atoms with Crippen LogP contribution in [0.5, 0.6) is 5.75 Å². The maximum Gasteiger partial charge on any atom is 0.304 e. The fourth-order valence-electron chi connectivity index (χ4n) is 1.97. The van der Waals surface area contributed by atoms with Crippen LogP contribution in [-0.2, 0) is 4.79 Å². The van der Waals surface area contributed by atoms with Gasteiger partial charge in [-0.15, -0.1) is 0 Å². The van der Waals surface area contributed by atoms with Crippen LogP contribution in [0.2, 0.25) is 0 Å². The Bertz CT molecular complexity index is 410. The van der Waals surface area contributed by atoms with Crippen molar-refractivity contribution in [3.8, 4) is 5.75 Å². The van der Waals surface area contributed by atoms with Crippen molar-refractivity contribution < 1.29 is 14.6 Å². The summed E-state index contributed by atoms with van der Waals surface area (Å²) in [5.41, 5.74) is 6.38.